The van der Waals surface area contributed by atoms with E-state index in [4.69, 9.17) is 29.2 Å². The van der Waals surface area contributed by atoms with Crippen LogP contribution in [0.4, 0.5) is 5.69 Å². The molecule has 0 saturated carbocycles. The first kappa shape index (κ1) is 14.4. The first-order chi connectivity index (χ1) is 9.04. The fraction of sp³-hybridized carbons (Fsp3) is 0.286. The van der Waals surface area contributed by atoms with Crippen molar-refractivity contribution in [3.8, 4) is 0 Å². The molecule has 1 unspecified atom stereocenters. The summed E-state index contributed by atoms with van der Waals surface area (Å²) in [5, 5.41) is 10.4. The van der Waals surface area contributed by atoms with Crippen molar-refractivity contribution in [2.24, 2.45) is 11.3 Å². The summed E-state index contributed by atoms with van der Waals surface area (Å²) in [6.45, 7) is 0.0877. The summed E-state index contributed by atoms with van der Waals surface area (Å²) in [6, 6.07) is 7.62. The molecular formula is C14H16Cl2N2O. The predicted molar refractivity (Wildman–Crippen MR) is 79.9 cm³/mol. The Hall–Kier alpha value is -1.00. The van der Waals surface area contributed by atoms with Crippen LogP contribution in [0.25, 0.3) is 0 Å². The number of nitrogens with two attached hydrogens (primary N) is 1. The fourth-order valence-corrected chi connectivity index (χ4v) is 2.41. The molecule has 2 rings (SSSR count). The molecule has 1 aliphatic carbocycles. The Morgan fingerprint density at radius 3 is 2.47 bits per heavy atom. The summed E-state index contributed by atoms with van der Waals surface area (Å²) in [4.78, 5) is 0. The predicted octanol–water partition coefficient (Wildman–Crippen LogP) is 3.12. The number of allylic oxidation sites excluding steroid dienone is 3. The third-order valence-corrected chi connectivity index (χ3v) is 3.83. The van der Waals surface area contributed by atoms with Gasteiger partial charge in [-0.25, -0.2) is 10.4 Å². The monoisotopic (exact) mass is 298 g/mol. The molecule has 0 spiro atoms. The average Bonchev–Trinajstić information content (AvgIpc) is 2.42. The third-order valence-electron chi connectivity index (χ3n) is 3.35. The van der Waals surface area contributed by atoms with Crippen molar-refractivity contribution >= 4 is 29.1 Å². The molecule has 0 aromatic heterocycles. The van der Waals surface area contributed by atoms with E-state index in [1.54, 1.807) is 0 Å². The quantitative estimate of drug-likeness (QED) is 0.510. The molecule has 5 heteroatoms. The van der Waals surface area contributed by atoms with E-state index in [-0.39, 0.29) is 12.0 Å². The second-order valence-electron chi connectivity index (χ2n) is 4.80. The number of hydrogen-bond acceptors (Lipinski definition) is 3. The molecule has 0 amide bonds. The van der Waals surface area contributed by atoms with E-state index < -0.39 is 0 Å². The topological polar surface area (TPSA) is 49.5 Å². The number of halogens is 2. The van der Waals surface area contributed by atoms with Gasteiger partial charge in [-0.15, -0.1) is 0 Å². The third kappa shape index (κ3) is 3.51. The van der Waals surface area contributed by atoms with Gasteiger partial charge in [0, 0.05) is 22.2 Å². The summed E-state index contributed by atoms with van der Waals surface area (Å²) < 4.78 is 1.05. The van der Waals surface area contributed by atoms with Gasteiger partial charge in [-0.3, -0.25) is 0 Å². The molecule has 1 aromatic carbocycles. The number of nitrogens with zero attached hydrogens (tertiary/aromatic N) is 1. The van der Waals surface area contributed by atoms with Gasteiger partial charge < -0.3 is 5.11 Å². The molecule has 0 bridgehead atoms. The lowest BCUT2D eigenvalue weighted by atomic mass is 9.77. The molecule has 3 nitrogen and oxygen atoms in total. The average molecular weight is 299 g/mol. The lowest BCUT2D eigenvalue weighted by molar-refractivity contribution is 0.169. The molecule has 3 N–H and O–H groups in total. The summed E-state index contributed by atoms with van der Waals surface area (Å²) in [7, 11) is 0. The lowest BCUT2D eigenvalue weighted by Gasteiger charge is -2.30. The Bertz CT molecular complexity index is 497. The van der Waals surface area contributed by atoms with Gasteiger partial charge in [0.2, 0.25) is 0 Å². The van der Waals surface area contributed by atoms with Crippen LogP contribution in [0.15, 0.2) is 47.5 Å². The van der Waals surface area contributed by atoms with E-state index in [0.717, 1.165) is 33.7 Å². The van der Waals surface area contributed by atoms with Crippen molar-refractivity contribution in [1.82, 2.24) is 0 Å². The summed E-state index contributed by atoms with van der Waals surface area (Å²) in [6.07, 6.45) is 7.25. The van der Waals surface area contributed by atoms with Gasteiger partial charge in [0.1, 0.15) is 0 Å². The van der Waals surface area contributed by atoms with Gasteiger partial charge in [0.15, 0.2) is 0 Å². The highest BCUT2D eigenvalue weighted by molar-refractivity contribution is 6.31. The lowest BCUT2D eigenvalue weighted by Crippen LogP contribution is -2.26. The van der Waals surface area contributed by atoms with Crippen molar-refractivity contribution in [3.05, 3.63) is 53.1 Å². The van der Waals surface area contributed by atoms with E-state index in [0.29, 0.717) is 0 Å². The largest absolute Gasteiger partial charge is 0.395 e. The number of benzene rings is 1. The van der Waals surface area contributed by atoms with E-state index in [9.17, 15) is 5.11 Å². The van der Waals surface area contributed by atoms with Crippen LogP contribution in [0, 0.1) is 5.41 Å². The van der Waals surface area contributed by atoms with Crippen LogP contribution in [0.1, 0.15) is 12.0 Å². The summed E-state index contributed by atoms with van der Waals surface area (Å²) in [5.74, 6) is 5.44. The first-order valence-corrected chi connectivity index (χ1v) is 6.72. The molecule has 19 heavy (non-hydrogen) atoms. The van der Waals surface area contributed by atoms with Crippen molar-refractivity contribution in [2.75, 3.05) is 11.1 Å². The van der Waals surface area contributed by atoms with Crippen LogP contribution in [0.3, 0.4) is 0 Å². The molecule has 1 aliphatic rings. The summed E-state index contributed by atoms with van der Waals surface area (Å²) in [5.41, 5.74) is 1.57. The van der Waals surface area contributed by atoms with Gasteiger partial charge in [-0.05, 0) is 36.6 Å². The van der Waals surface area contributed by atoms with Gasteiger partial charge in [-0.2, -0.15) is 0 Å². The van der Waals surface area contributed by atoms with Crippen molar-refractivity contribution in [1.29, 1.82) is 0 Å². The van der Waals surface area contributed by atoms with Gasteiger partial charge in [0.05, 0.1) is 12.3 Å². The number of rotatable bonds is 4. The molecule has 1 aromatic rings. The maximum absolute atomic E-state index is 9.66. The highest BCUT2D eigenvalue weighted by Crippen LogP contribution is 2.34. The minimum Gasteiger partial charge on any atom is -0.395 e. The number of aliphatic hydroxyl groups is 1. The Morgan fingerprint density at radius 2 is 2.00 bits per heavy atom. The Morgan fingerprint density at radius 1 is 1.32 bits per heavy atom. The minimum absolute atomic E-state index is 0.0877. The molecular weight excluding hydrogens is 283 g/mol. The zero-order valence-corrected chi connectivity index (χ0v) is 11.9. The van der Waals surface area contributed by atoms with E-state index in [1.807, 2.05) is 42.5 Å². The van der Waals surface area contributed by atoms with E-state index in [1.165, 1.54) is 0 Å². The zero-order chi connectivity index (χ0) is 13.9. The van der Waals surface area contributed by atoms with Crippen LogP contribution < -0.4 is 10.4 Å². The van der Waals surface area contributed by atoms with Crippen LogP contribution in [0.5, 0.6) is 0 Å². The first-order valence-electron chi connectivity index (χ1n) is 6.00. The Labute approximate surface area is 123 Å². The van der Waals surface area contributed by atoms with Crippen molar-refractivity contribution in [2.45, 2.75) is 12.8 Å². The number of hydrazine groups is 1. The zero-order valence-electron chi connectivity index (χ0n) is 10.4. The van der Waals surface area contributed by atoms with E-state index >= 15 is 0 Å². The smallest absolute Gasteiger partial charge is 0.0703 e. The van der Waals surface area contributed by atoms with Gasteiger partial charge in [-0.1, -0.05) is 35.9 Å². The maximum atomic E-state index is 9.66. The molecule has 1 atom stereocenters. The normalized spacial score (nSPS) is 22.2. The van der Waals surface area contributed by atoms with Crippen molar-refractivity contribution < 1.29 is 5.11 Å². The standard InChI is InChI=1S/C14H16Cl2N2O/c15-12-5-7-14(10-19,8-6-12)9-11-1-3-13(4-2-11)18(16)17/h1-7,19H,8-10,17H2. The molecule has 0 aliphatic heterocycles. The molecule has 0 heterocycles. The number of hydrogen-bond donors (Lipinski definition) is 2. The second kappa shape index (κ2) is 5.97. The van der Waals surface area contributed by atoms with Gasteiger partial charge >= 0.3 is 0 Å². The summed E-state index contributed by atoms with van der Waals surface area (Å²) >= 11 is 11.6. The van der Waals surface area contributed by atoms with Gasteiger partial charge in [0.25, 0.3) is 0 Å². The highest BCUT2D eigenvalue weighted by atomic mass is 35.5. The Kier molecular flexibility index (Phi) is 4.53. The highest BCUT2D eigenvalue weighted by Gasteiger charge is 2.27. The molecule has 0 radical (unpaired) electrons. The van der Waals surface area contributed by atoms with Crippen LogP contribution >= 0.6 is 23.4 Å². The SMILES string of the molecule is NN(Cl)c1ccc(CC2(CO)C=CC(Cl)=CC2)cc1. The molecule has 102 valence electrons. The van der Waals surface area contributed by atoms with Crippen LogP contribution in [-0.4, -0.2) is 11.7 Å². The number of anilines is 1. The maximum Gasteiger partial charge on any atom is 0.0703 e. The minimum atomic E-state index is -0.275. The van der Waals surface area contributed by atoms with Crippen LogP contribution in [-0.2, 0) is 6.42 Å². The Balaban J connectivity index is 2.13. The number of aliphatic hydroxyl groups excluding tert-OH is 1. The fourth-order valence-electron chi connectivity index (χ4n) is 2.16. The second-order valence-corrected chi connectivity index (χ2v) is 5.60. The van der Waals surface area contributed by atoms with Crippen LogP contribution in [0.2, 0.25) is 0 Å². The van der Waals surface area contributed by atoms with Crippen molar-refractivity contribution in [3.63, 3.8) is 0 Å². The molecule has 0 fully saturated rings. The molecule has 0 saturated heterocycles. The van der Waals surface area contributed by atoms with E-state index in [2.05, 4.69) is 0 Å².